The average molecular weight is 354 g/mol. The van der Waals surface area contributed by atoms with Gasteiger partial charge in [0.25, 0.3) is 0 Å². The molecule has 1 aliphatic heterocycles. The van der Waals surface area contributed by atoms with Gasteiger partial charge < -0.3 is 19.7 Å². The zero-order valence-corrected chi connectivity index (χ0v) is 15.7. The van der Waals surface area contributed by atoms with E-state index in [4.69, 9.17) is 9.47 Å². The van der Waals surface area contributed by atoms with Gasteiger partial charge in [-0.05, 0) is 47.7 Å². The number of hydrogen-bond donors (Lipinski definition) is 1. The van der Waals surface area contributed by atoms with Crippen LogP contribution in [-0.2, 0) is 24.2 Å². The van der Waals surface area contributed by atoms with Gasteiger partial charge in [-0.2, -0.15) is 0 Å². The molecule has 2 aromatic carbocycles. The fraction of sp³-hybridized carbons (Fsp3) is 0.381. The fourth-order valence-electron chi connectivity index (χ4n) is 3.38. The Morgan fingerprint density at radius 1 is 1.12 bits per heavy atom. The minimum Gasteiger partial charge on any atom is -0.493 e. The van der Waals surface area contributed by atoms with E-state index in [1.54, 1.807) is 14.2 Å². The van der Waals surface area contributed by atoms with Gasteiger partial charge in [-0.15, -0.1) is 0 Å². The van der Waals surface area contributed by atoms with Gasteiger partial charge in [-0.3, -0.25) is 4.79 Å². The van der Waals surface area contributed by atoms with Gasteiger partial charge >= 0.3 is 0 Å². The molecule has 1 heterocycles. The molecule has 0 aliphatic carbocycles. The SMILES string of the molecule is CCc1ccccc1NCC(=O)N1CCc2cc(OC)c(OC)cc2C1. The number of ether oxygens (including phenoxy) is 2. The number of amides is 1. The molecule has 2 aromatic rings. The highest BCUT2D eigenvalue weighted by molar-refractivity contribution is 5.81. The van der Waals surface area contributed by atoms with E-state index in [0.29, 0.717) is 18.8 Å². The van der Waals surface area contributed by atoms with E-state index in [9.17, 15) is 4.79 Å². The summed E-state index contributed by atoms with van der Waals surface area (Å²) in [6.07, 6.45) is 1.77. The summed E-state index contributed by atoms with van der Waals surface area (Å²) < 4.78 is 10.8. The van der Waals surface area contributed by atoms with E-state index in [1.807, 2.05) is 35.2 Å². The number of carbonyl (C=O) groups excluding carboxylic acids is 1. The molecule has 0 atom stereocenters. The standard InChI is InChI=1S/C21H26N2O3/c1-4-15-7-5-6-8-18(15)22-13-21(24)23-10-9-16-11-19(25-2)20(26-3)12-17(16)14-23/h5-8,11-12,22H,4,9-10,13-14H2,1-3H3. The highest BCUT2D eigenvalue weighted by Crippen LogP contribution is 2.33. The monoisotopic (exact) mass is 354 g/mol. The Bertz CT molecular complexity index is 789. The molecular formula is C21H26N2O3. The van der Waals surface area contributed by atoms with Gasteiger partial charge in [-0.25, -0.2) is 0 Å². The first-order valence-corrected chi connectivity index (χ1v) is 8.99. The first kappa shape index (κ1) is 18.1. The zero-order chi connectivity index (χ0) is 18.5. The molecule has 1 aliphatic rings. The molecule has 1 amide bonds. The number of carbonyl (C=O) groups is 1. The van der Waals surface area contributed by atoms with Crippen LogP contribution in [-0.4, -0.2) is 38.1 Å². The molecule has 1 N–H and O–H groups in total. The minimum atomic E-state index is 0.108. The number of rotatable bonds is 6. The molecule has 26 heavy (non-hydrogen) atoms. The van der Waals surface area contributed by atoms with Crippen LogP contribution in [0.15, 0.2) is 36.4 Å². The molecule has 5 nitrogen and oxygen atoms in total. The second-order valence-electron chi connectivity index (χ2n) is 6.41. The van der Waals surface area contributed by atoms with Crippen molar-refractivity contribution in [3.05, 3.63) is 53.1 Å². The summed E-state index contributed by atoms with van der Waals surface area (Å²) in [5, 5.41) is 3.29. The third-order valence-corrected chi connectivity index (χ3v) is 4.90. The highest BCUT2D eigenvalue weighted by Gasteiger charge is 2.22. The number of aryl methyl sites for hydroxylation is 1. The molecular weight excluding hydrogens is 328 g/mol. The Morgan fingerprint density at radius 2 is 1.81 bits per heavy atom. The van der Waals surface area contributed by atoms with Gasteiger partial charge in [0, 0.05) is 18.8 Å². The average Bonchev–Trinajstić information content (AvgIpc) is 2.70. The summed E-state index contributed by atoms with van der Waals surface area (Å²) >= 11 is 0. The summed E-state index contributed by atoms with van der Waals surface area (Å²) in [5.74, 6) is 1.55. The van der Waals surface area contributed by atoms with Crippen LogP contribution in [0.4, 0.5) is 5.69 Å². The minimum absolute atomic E-state index is 0.108. The smallest absolute Gasteiger partial charge is 0.242 e. The Morgan fingerprint density at radius 3 is 2.50 bits per heavy atom. The van der Waals surface area contributed by atoms with E-state index in [2.05, 4.69) is 18.3 Å². The topological polar surface area (TPSA) is 50.8 Å². The lowest BCUT2D eigenvalue weighted by Crippen LogP contribution is -2.39. The quantitative estimate of drug-likeness (QED) is 0.865. The Kier molecular flexibility index (Phi) is 5.66. The second-order valence-corrected chi connectivity index (χ2v) is 6.41. The highest BCUT2D eigenvalue weighted by atomic mass is 16.5. The number of nitrogens with one attached hydrogen (secondary N) is 1. The Balaban J connectivity index is 1.67. The van der Waals surface area contributed by atoms with Gasteiger partial charge in [0.1, 0.15) is 0 Å². The summed E-state index contributed by atoms with van der Waals surface area (Å²) in [7, 11) is 3.27. The molecule has 0 radical (unpaired) electrons. The van der Waals surface area contributed by atoms with Crippen LogP contribution in [0.2, 0.25) is 0 Å². The van der Waals surface area contributed by atoms with Crippen molar-refractivity contribution in [2.75, 3.05) is 32.6 Å². The molecule has 0 saturated heterocycles. The van der Waals surface area contributed by atoms with Crippen molar-refractivity contribution in [2.24, 2.45) is 0 Å². The van der Waals surface area contributed by atoms with Crippen LogP contribution in [0.5, 0.6) is 11.5 Å². The van der Waals surface area contributed by atoms with Gasteiger partial charge in [0.15, 0.2) is 11.5 Å². The van der Waals surface area contributed by atoms with Gasteiger partial charge in [-0.1, -0.05) is 25.1 Å². The summed E-state index contributed by atoms with van der Waals surface area (Å²) in [6, 6.07) is 12.1. The summed E-state index contributed by atoms with van der Waals surface area (Å²) in [4.78, 5) is 14.6. The van der Waals surface area contributed by atoms with Crippen molar-refractivity contribution in [3.63, 3.8) is 0 Å². The zero-order valence-electron chi connectivity index (χ0n) is 15.7. The normalized spacial score (nSPS) is 13.1. The number of para-hydroxylation sites is 1. The van der Waals surface area contributed by atoms with Crippen molar-refractivity contribution >= 4 is 11.6 Å². The second kappa shape index (κ2) is 8.13. The Labute approximate surface area is 154 Å². The maximum atomic E-state index is 12.7. The van der Waals surface area contributed by atoms with E-state index >= 15 is 0 Å². The molecule has 3 rings (SSSR count). The molecule has 0 aromatic heterocycles. The maximum Gasteiger partial charge on any atom is 0.242 e. The van der Waals surface area contributed by atoms with Crippen LogP contribution in [0.1, 0.15) is 23.6 Å². The van der Waals surface area contributed by atoms with Gasteiger partial charge in [0.05, 0.1) is 20.8 Å². The van der Waals surface area contributed by atoms with E-state index < -0.39 is 0 Å². The van der Waals surface area contributed by atoms with Crippen molar-refractivity contribution in [3.8, 4) is 11.5 Å². The third-order valence-electron chi connectivity index (χ3n) is 4.90. The largest absolute Gasteiger partial charge is 0.493 e. The molecule has 0 saturated carbocycles. The summed E-state index contributed by atoms with van der Waals surface area (Å²) in [6.45, 7) is 3.75. The van der Waals surface area contributed by atoms with Crippen LogP contribution in [0.25, 0.3) is 0 Å². The lowest BCUT2D eigenvalue weighted by molar-refractivity contribution is -0.130. The number of benzene rings is 2. The molecule has 0 bridgehead atoms. The van der Waals surface area contributed by atoms with E-state index in [1.165, 1.54) is 11.1 Å². The third kappa shape index (κ3) is 3.77. The predicted octanol–water partition coefficient (Wildman–Crippen LogP) is 3.26. The van der Waals surface area contributed by atoms with E-state index in [-0.39, 0.29) is 5.91 Å². The summed E-state index contributed by atoms with van der Waals surface area (Å²) in [5.41, 5.74) is 4.60. The van der Waals surface area contributed by atoms with Crippen LogP contribution in [0.3, 0.4) is 0 Å². The van der Waals surface area contributed by atoms with Crippen LogP contribution < -0.4 is 14.8 Å². The van der Waals surface area contributed by atoms with Crippen LogP contribution in [0, 0.1) is 0 Å². The lowest BCUT2D eigenvalue weighted by atomic mass is 9.98. The molecule has 0 unspecified atom stereocenters. The maximum absolute atomic E-state index is 12.7. The van der Waals surface area contributed by atoms with E-state index in [0.717, 1.165) is 36.4 Å². The fourth-order valence-corrected chi connectivity index (χ4v) is 3.38. The molecule has 0 fully saturated rings. The van der Waals surface area contributed by atoms with Crippen LogP contribution >= 0.6 is 0 Å². The Hall–Kier alpha value is -2.69. The molecule has 138 valence electrons. The first-order valence-electron chi connectivity index (χ1n) is 8.99. The lowest BCUT2D eigenvalue weighted by Gasteiger charge is -2.30. The molecule has 5 heteroatoms. The van der Waals surface area contributed by atoms with Crippen molar-refractivity contribution < 1.29 is 14.3 Å². The number of methoxy groups -OCH3 is 2. The van der Waals surface area contributed by atoms with Crippen molar-refractivity contribution in [1.82, 2.24) is 4.90 Å². The number of anilines is 1. The first-order chi connectivity index (χ1) is 12.7. The predicted molar refractivity (Wildman–Crippen MR) is 103 cm³/mol. The number of nitrogens with zero attached hydrogens (tertiary/aromatic N) is 1. The molecule has 0 spiro atoms. The van der Waals surface area contributed by atoms with Crippen molar-refractivity contribution in [2.45, 2.75) is 26.3 Å². The number of fused-ring (bicyclic) bond motifs is 1. The number of hydrogen-bond acceptors (Lipinski definition) is 4. The van der Waals surface area contributed by atoms with Gasteiger partial charge in [0.2, 0.25) is 5.91 Å². The van der Waals surface area contributed by atoms with Crippen molar-refractivity contribution in [1.29, 1.82) is 0 Å².